The van der Waals surface area contributed by atoms with Crippen LogP contribution in [-0.2, 0) is 9.84 Å². The molecule has 8 heteroatoms. The number of para-hydroxylation sites is 1. The van der Waals surface area contributed by atoms with Crippen molar-refractivity contribution >= 4 is 28.9 Å². The molecule has 3 aromatic rings. The second-order valence-electron chi connectivity index (χ2n) is 9.38. The van der Waals surface area contributed by atoms with Gasteiger partial charge in [0.2, 0.25) is 15.0 Å². The summed E-state index contributed by atoms with van der Waals surface area (Å²) < 4.78 is 25.7. The van der Waals surface area contributed by atoms with E-state index in [0.29, 0.717) is 33.3 Å². The molecule has 33 heavy (non-hydrogen) atoms. The van der Waals surface area contributed by atoms with Crippen molar-refractivity contribution in [2.75, 3.05) is 6.26 Å². The molecule has 0 amide bonds. The summed E-state index contributed by atoms with van der Waals surface area (Å²) in [6, 6.07) is 10.5. The lowest BCUT2D eigenvalue weighted by molar-refractivity contribution is 0.593. The molecular weight excluding hydrogens is 450 g/mol. The van der Waals surface area contributed by atoms with Gasteiger partial charge >= 0.3 is 0 Å². The van der Waals surface area contributed by atoms with Gasteiger partial charge in [-0.25, -0.2) is 13.4 Å². The van der Waals surface area contributed by atoms with Crippen LogP contribution in [0.4, 0.5) is 0 Å². The number of hydrogen-bond donors (Lipinski definition) is 0. The van der Waals surface area contributed by atoms with Gasteiger partial charge in [0.05, 0.1) is 11.1 Å². The van der Waals surface area contributed by atoms with Gasteiger partial charge in [-0.1, -0.05) is 65.7 Å². The van der Waals surface area contributed by atoms with Gasteiger partial charge in [0.1, 0.15) is 8.07 Å². The van der Waals surface area contributed by atoms with Crippen LogP contribution in [0.1, 0.15) is 47.1 Å². The molecule has 2 heterocycles. The Hall–Kier alpha value is -2.76. The molecular formula is C25H31N3O3SSi. The quantitative estimate of drug-likeness (QED) is 0.298. The molecule has 1 aromatic carbocycles. The maximum Gasteiger partial charge on any atom is 0.258 e. The number of sulfone groups is 1. The lowest BCUT2D eigenvalue weighted by Crippen LogP contribution is -2.43. The number of fused-ring (bicyclic) bond motifs is 1. The lowest BCUT2D eigenvalue weighted by Gasteiger charge is -2.38. The van der Waals surface area contributed by atoms with Crippen molar-refractivity contribution < 1.29 is 8.42 Å². The predicted octanol–water partition coefficient (Wildman–Crippen LogP) is 4.75. The zero-order valence-corrected chi connectivity index (χ0v) is 22.1. The van der Waals surface area contributed by atoms with E-state index in [9.17, 15) is 13.2 Å². The number of rotatable bonds is 5. The summed E-state index contributed by atoms with van der Waals surface area (Å²) in [5.74, 6) is 3.32. The summed E-state index contributed by atoms with van der Waals surface area (Å²) in [6.07, 6.45) is 2.52. The number of benzene rings is 1. The highest BCUT2D eigenvalue weighted by Crippen LogP contribution is 2.40. The van der Waals surface area contributed by atoms with Crippen LogP contribution in [0.3, 0.4) is 0 Å². The number of nitrogens with zero attached hydrogens (tertiary/aromatic N) is 3. The minimum absolute atomic E-state index is 0.235. The Morgan fingerprint density at radius 1 is 0.970 bits per heavy atom. The lowest BCUT2D eigenvalue weighted by atomic mass is 10.2. The van der Waals surface area contributed by atoms with Gasteiger partial charge in [-0.2, -0.15) is 4.98 Å². The second kappa shape index (κ2) is 9.24. The molecule has 0 fully saturated rings. The van der Waals surface area contributed by atoms with Crippen LogP contribution in [0.25, 0.3) is 16.7 Å². The maximum absolute atomic E-state index is 13.2. The van der Waals surface area contributed by atoms with Crippen LogP contribution in [0.2, 0.25) is 16.6 Å². The fourth-order valence-electron chi connectivity index (χ4n) is 4.81. The van der Waals surface area contributed by atoms with Crippen molar-refractivity contribution in [3.05, 3.63) is 58.5 Å². The van der Waals surface area contributed by atoms with E-state index in [1.165, 1.54) is 16.8 Å². The molecule has 0 atom stereocenters. The monoisotopic (exact) mass is 481 g/mol. The largest absolute Gasteiger partial charge is 0.269 e. The zero-order valence-electron chi connectivity index (χ0n) is 20.2. The smallest absolute Gasteiger partial charge is 0.258 e. The van der Waals surface area contributed by atoms with E-state index < -0.39 is 17.9 Å². The molecule has 0 aliphatic carbocycles. The summed E-state index contributed by atoms with van der Waals surface area (Å²) in [6.45, 7) is 13.4. The first-order chi connectivity index (χ1) is 15.4. The fraction of sp³-hybridized carbons (Fsp3) is 0.400. The molecule has 0 unspecified atom stereocenters. The van der Waals surface area contributed by atoms with Crippen molar-refractivity contribution in [2.24, 2.45) is 0 Å². The summed E-state index contributed by atoms with van der Waals surface area (Å²) in [5.41, 5.74) is 6.00. The number of hydrogen-bond acceptors (Lipinski definition) is 5. The van der Waals surface area contributed by atoms with Crippen molar-refractivity contribution in [3.63, 3.8) is 0 Å². The minimum Gasteiger partial charge on any atom is -0.269 e. The first-order valence-corrected chi connectivity index (χ1v) is 15.2. The molecule has 0 bridgehead atoms. The average molecular weight is 482 g/mol. The molecule has 0 radical (unpaired) electrons. The third kappa shape index (κ3) is 4.66. The molecule has 2 aromatic heterocycles. The SMILES string of the molecule is CC(C)[Si](C#Cc1cc(=O)n(-c2ccccc2)c2nc(S(C)(=O)=O)ncc12)(C(C)C)C(C)C. The van der Waals surface area contributed by atoms with E-state index in [-0.39, 0.29) is 16.4 Å². The Labute approximate surface area is 197 Å². The molecule has 0 saturated heterocycles. The van der Waals surface area contributed by atoms with Crippen LogP contribution < -0.4 is 5.56 Å². The molecule has 6 nitrogen and oxygen atoms in total. The van der Waals surface area contributed by atoms with Crippen LogP contribution in [-0.4, -0.2) is 37.3 Å². The van der Waals surface area contributed by atoms with Crippen molar-refractivity contribution in [3.8, 4) is 17.2 Å². The molecule has 0 saturated carbocycles. The summed E-state index contributed by atoms with van der Waals surface area (Å²) in [4.78, 5) is 21.6. The van der Waals surface area contributed by atoms with Crippen LogP contribution in [0, 0.1) is 11.5 Å². The maximum atomic E-state index is 13.2. The van der Waals surface area contributed by atoms with Gasteiger partial charge in [-0.3, -0.25) is 9.36 Å². The highest BCUT2D eigenvalue weighted by atomic mass is 32.2. The van der Waals surface area contributed by atoms with Crippen LogP contribution in [0.5, 0.6) is 0 Å². The molecule has 0 spiro atoms. The summed E-state index contributed by atoms with van der Waals surface area (Å²) >= 11 is 0. The standard InChI is InChI=1S/C25H31N3O3SSi/c1-17(2)33(18(3)4,19(5)6)14-13-20-15-23(29)28(21-11-9-8-10-12-21)24-22(20)16-26-25(27-24)32(7,30)31/h8-12,15-19H,1-7H3. The van der Waals surface area contributed by atoms with Gasteiger partial charge in [0.15, 0.2) is 5.65 Å². The highest BCUT2D eigenvalue weighted by molar-refractivity contribution is 7.90. The zero-order chi connectivity index (χ0) is 24.6. The molecule has 3 rings (SSSR count). The Kier molecular flexibility index (Phi) is 6.96. The van der Waals surface area contributed by atoms with Crippen molar-refractivity contribution in [1.82, 2.24) is 14.5 Å². The third-order valence-electron chi connectivity index (χ3n) is 6.36. The van der Waals surface area contributed by atoms with E-state index in [0.717, 1.165) is 6.26 Å². The first kappa shape index (κ1) is 24.9. The third-order valence-corrected chi connectivity index (χ3v) is 13.5. The molecule has 174 valence electrons. The number of aromatic nitrogens is 3. The second-order valence-corrected chi connectivity index (χ2v) is 16.9. The fourth-order valence-corrected chi connectivity index (χ4v) is 10.5. The molecule has 0 aliphatic heterocycles. The summed E-state index contributed by atoms with van der Waals surface area (Å²) in [7, 11) is -5.70. The Morgan fingerprint density at radius 3 is 2.06 bits per heavy atom. The van der Waals surface area contributed by atoms with Gasteiger partial charge in [0, 0.05) is 24.1 Å². The topological polar surface area (TPSA) is 81.9 Å². The van der Waals surface area contributed by atoms with Crippen molar-refractivity contribution in [1.29, 1.82) is 0 Å². The normalized spacial score (nSPS) is 12.4. The van der Waals surface area contributed by atoms with Gasteiger partial charge in [-0.05, 0) is 28.8 Å². The molecule has 0 N–H and O–H groups in total. The van der Waals surface area contributed by atoms with Gasteiger partial charge in [-0.15, -0.1) is 5.54 Å². The minimum atomic E-state index is -3.65. The van der Waals surface area contributed by atoms with Crippen LogP contribution >= 0.6 is 0 Å². The van der Waals surface area contributed by atoms with E-state index in [1.807, 2.05) is 18.2 Å². The van der Waals surface area contributed by atoms with Crippen LogP contribution in [0.15, 0.2) is 52.5 Å². The van der Waals surface area contributed by atoms with E-state index in [1.54, 1.807) is 12.1 Å². The predicted molar refractivity (Wildman–Crippen MR) is 136 cm³/mol. The highest BCUT2D eigenvalue weighted by Gasteiger charge is 2.41. The van der Waals surface area contributed by atoms with E-state index in [2.05, 4.69) is 63.0 Å². The van der Waals surface area contributed by atoms with E-state index in [4.69, 9.17) is 0 Å². The van der Waals surface area contributed by atoms with Gasteiger partial charge < -0.3 is 0 Å². The van der Waals surface area contributed by atoms with E-state index >= 15 is 0 Å². The summed E-state index contributed by atoms with van der Waals surface area (Å²) in [5, 5.41) is 0.233. The Bertz CT molecular complexity index is 1380. The van der Waals surface area contributed by atoms with Gasteiger partial charge in [0.25, 0.3) is 5.56 Å². The average Bonchev–Trinajstić information content (AvgIpc) is 2.73. The first-order valence-electron chi connectivity index (χ1n) is 11.1. The number of pyridine rings is 1. The molecule has 0 aliphatic rings. The Morgan fingerprint density at radius 2 is 1.55 bits per heavy atom. The van der Waals surface area contributed by atoms with Crippen molar-refractivity contribution in [2.45, 2.75) is 63.3 Å². The Balaban J connectivity index is 2.40.